The molecule has 0 spiro atoms. The Balaban J connectivity index is 3.66. The van der Waals surface area contributed by atoms with E-state index in [1.54, 1.807) is 6.07 Å². The van der Waals surface area contributed by atoms with Crippen molar-refractivity contribution in [2.24, 2.45) is 0 Å². The van der Waals surface area contributed by atoms with Crippen LogP contribution in [0.15, 0.2) is 0 Å². The van der Waals surface area contributed by atoms with Crippen molar-refractivity contribution in [2.75, 3.05) is 0 Å². The standard InChI is InChI=1S/C4H7NO2/c1-4(2,3-5)7-6/h6H,1-2H3. The van der Waals surface area contributed by atoms with Gasteiger partial charge in [-0.05, 0) is 13.8 Å². The van der Waals surface area contributed by atoms with E-state index in [0.717, 1.165) is 0 Å². The van der Waals surface area contributed by atoms with Crippen LogP contribution in [0.25, 0.3) is 0 Å². The highest BCUT2D eigenvalue weighted by Gasteiger charge is 2.15. The molecule has 0 fully saturated rings. The quantitative estimate of drug-likeness (QED) is 0.392. The summed E-state index contributed by atoms with van der Waals surface area (Å²) in [6.45, 7) is 2.93. The third-order valence-corrected chi connectivity index (χ3v) is 0.497. The number of hydrogen-bond donors (Lipinski definition) is 1. The summed E-state index contributed by atoms with van der Waals surface area (Å²) in [7, 11) is 0. The SMILES string of the molecule is CC(C)(C#N)OO. The maximum absolute atomic E-state index is 8.06. The van der Waals surface area contributed by atoms with Crippen molar-refractivity contribution >= 4 is 0 Å². The Bertz CT molecular complexity index is 92.4. The molecule has 3 heteroatoms. The number of hydrogen-bond acceptors (Lipinski definition) is 3. The van der Waals surface area contributed by atoms with Gasteiger partial charge in [0.25, 0.3) is 0 Å². The van der Waals surface area contributed by atoms with Gasteiger partial charge >= 0.3 is 0 Å². The first-order valence-electron chi connectivity index (χ1n) is 1.86. The molecule has 0 unspecified atom stereocenters. The van der Waals surface area contributed by atoms with E-state index in [2.05, 4.69) is 4.89 Å². The lowest BCUT2D eigenvalue weighted by molar-refractivity contribution is -0.294. The van der Waals surface area contributed by atoms with Gasteiger partial charge in [-0.2, -0.15) is 5.26 Å². The molecule has 0 rings (SSSR count). The van der Waals surface area contributed by atoms with E-state index in [4.69, 9.17) is 10.5 Å². The molecule has 7 heavy (non-hydrogen) atoms. The molecular formula is C4H7NO2. The highest BCUT2D eigenvalue weighted by molar-refractivity contribution is 4.92. The van der Waals surface area contributed by atoms with E-state index in [-0.39, 0.29) is 0 Å². The monoisotopic (exact) mass is 101 g/mol. The molecule has 1 N–H and O–H groups in total. The summed E-state index contributed by atoms with van der Waals surface area (Å²) in [6, 6.07) is 1.72. The maximum atomic E-state index is 8.06. The fraction of sp³-hybridized carbons (Fsp3) is 0.750. The summed E-state index contributed by atoms with van der Waals surface area (Å²) in [5.41, 5.74) is -1.06. The lowest BCUT2D eigenvalue weighted by Crippen LogP contribution is -2.18. The third kappa shape index (κ3) is 2.15. The molecule has 0 radical (unpaired) electrons. The van der Waals surface area contributed by atoms with Crippen LogP contribution in [-0.4, -0.2) is 10.9 Å². The van der Waals surface area contributed by atoms with Crippen molar-refractivity contribution in [3.8, 4) is 6.07 Å². The van der Waals surface area contributed by atoms with Gasteiger partial charge in [0, 0.05) is 0 Å². The van der Waals surface area contributed by atoms with Gasteiger partial charge in [-0.3, -0.25) is 5.26 Å². The molecule has 40 valence electrons. The second-order valence-electron chi connectivity index (χ2n) is 1.71. The van der Waals surface area contributed by atoms with Crippen molar-refractivity contribution in [2.45, 2.75) is 19.4 Å². The first kappa shape index (κ1) is 6.41. The summed E-state index contributed by atoms with van der Waals surface area (Å²) in [5, 5.41) is 15.9. The van der Waals surface area contributed by atoms with Gasteiger partial charge in [0.1, 0.15) is 6.07 Å². The zero-order valence-corrected chi connectivity index (χ0v) is 4.30. The number of rotatable bonds is 1. The molecule has 0 aliphatic carbocycles. The summed E-state index contributed by atoms with van der Waals surface area (Å²) >= 11 is 0. The zero-order chi connectivity index (χ0) is 5.91. The molecule has 3 nitrogen and oxygen atoms in total. The third-order valence-electron chi connectivity index (χ3n) is 0.497. The van der Waals surface area contributed by atoms with Crippen molar-refractivity contribution in [3.05, 3.63) is 0 Å². The van der Waals surface area contributed by atoms with Crippen LogP contribution in [0.2, 0.25) is 0 Å². The predicted octanol–water partition coefficient (Wildman–Crippen LogP) is 0.778. The van der Waals surface area contributed by atoms with Crippen molar-refractivity contribution in [3.63, 3.8) is 0 Å². The second kappa shape index (κ2) is 1.92. The van der Waals surface area contributed by atoms with E-state index in [1.807, 2.05) is 0 Å². The van der Waals surface area contributed by atoms with E-state index < -0.39 is 5.60 Å². The van der Waals surface area contributed by atoms with Gasteiger partial charge in [-0.15, -0.1) is 0 Å². The van der Waals surface area contributed by atoms with Crippen LogP contribution in [0.1, 0.15) is 13.8 Å². The molecule has 0 atom stereocenters. The summed E-state index contributed by atoms with van der Waals surface area (Å²) in [5.74, 6) is 0. The normalized spacial score (nSPS) is 10.6. The van der Waals surface area contributed by atoms with Gasteiger partial charge in [0.2, 0.25) is 0 Å². The van der Waals surface area contributed by atoms with Gasteiger partial charge < -0.3 is 0 Å². The fourth-order valence-electron chi connectivity index (χ4n) is 0.0204. The van der Waals surface area contributed by atoms with Gasteiger partial charge in [0.05, 0.1) is 0 Å². The van der Waals surface area contributed by atoms with Crippen LogP contribution in [-0.2, 0) is 4.89 Å². The Hall–Kier alpha value is -0.590. The molecule has 0 saturated heterocycles. The van der Waals surface area contributed by atoms with E-state index >= 15 is 0 Å². The predicted molar refractivity (Wildman–Crippen MR) is 23.4 cm³/mol. The molecular weight excluding hydrogens is 94.0 g/mol. The zero-order valence-electron chi connectivity index (χ0n) is 4.30. The Kier molecular flexibility index (Phi) is 1.75. The molecule has 0 aliphatic rings. The molecule has 0 aliphatic heterocycles. The average molecular weight is 101 g/mol. The Morgan fingerprint density at radius 3 is 2.14 bits per heavy atom. The lowest BCUT2D eigenvalue weighted by atomic mass is 10.2. The Morgan fingerprint density at radius 2 is 2.14 bits per heavy atom. The van der Waals surface area contributed by atoms with Crippen LogP contribution in [0, 0.1) is 11.3 Å². The minimum atomic E-state index is -1.06. The van der Waals surface area contributed by atoms with Gasteiger partial charge in [0.15, 0.2) is 5.60 Å². The average Bonchev–Trinajstić information content (AvgIpc) is 1.68. The Labute approximate surface area is 42.1 Å². The number of nitriles is 1. The van der Waals surface area contributed by atoms with Crippen molar-refractivity contribution < 1.29 is 10.1 Å². The molecule has 0 bridgehead atoms. The molecule has 0 aromatic heterocycles. The first-order chi connectivity index (χ1) is 3.12. The first-order valence-corrected chi connectivity index (χ1v) is 1.86. The Morgan fingerprint density at radius 1 is 1.71 bits per heavy atom. The topological polar surface area (TPSA) is 53.2 Å². The number of nitrogens with zero attached hydrogens (tertiary/aromatic N) is 1. The minimum Gasteiger partial charge on any atom is -0.250 e. The van der Waals surface area contributed by atoms with Crippen LogP contribution < -0.4 is 0 Å². The summed E-state index contributed by atoms with van der Waals surface area (Å²) in [6.07, 6.45) is 0. The van der Waals surface area contributed by atoms with Crippen LogP contribution >= 0.6 is 0 Å². The minimum absolute atomic E-state index is 1.06. The van der Waals surface area contributed by atoms with Crippen LogP contribution in [0.3, 0.4) is 0 Å². The van der Waals surface area contributed by atoms with Crippen LogP contribution in [0.4, 0.5) is 0 Å². The largest absolute Gasteiger partial charge is 0.250 e. The smallest absolute Gasteiger partial charge is 0.183 e. The van der Waals surface area contributed by atoms with Gasteiger partial charge in [-0.25, -0.2) is 4.89 Å². The molecule has 0 heterocycles. The second-order valence-corrected chi connectivity index (χ2v) is 1.71. The van der Waals surface area contributed by atoms with Crippen LogP contribution in [0.5, 0.6) is 0 Å². The van der Waals surface area contributed by atoms with Crippen molar-refractivity contribution in [1.82, 2.24) is 0 Å². The van der Waals surface area contributed by atoms with E-state index in [1.165, 1.54) is 13.8 Å². The lowest BCUT2D eigenvalue weighted by Gasteiger charge is -2.07. The molecule has 0 aromatic carbocycles. The maximum Gasteiger partial charge on any atom is 0.183 e. The van der Waals surface area contributed by atoms with Crippen molar-refractivity contribution in [1.29, 1.82) is 5.26 Å². The van der Waals surface area contributed by atoms with E-state index in [9.17, 15) is 0 Å². The van der Waals surface area contributed by atoms with E-state index in [0.29, 0.717) is 0 Å². The molecule has 0 aromatic rings. The molecule has 0 amide bonds. The summed E-state index contributed by atoms with van der Waals surface area (Å²) < 4.78 is 0. The molecule has 0 saturated carbocycles. The highest BCUT2D eigenvalue weighted by Crippen LogP contribution is 2.02. The summed E-state index contributed by atoms with van der Waals surface area (Å²) in [4.78, 5) is 3.73. The van der Waals surface area contributed by atoms with Gasteiger partial charge in [-0.1, -0.05) is 0 Å². The fourth-order valence-corrected chi connectivity index (χ4v) is 0.0204. The highest BCUT2D eigenvalue weighted by atomic mass is 17.1.